The number of nitro groups is 1. The highest BCUT2D eigenvalue weighted by Crippen LogP contribution is 2.22. The first-order valence-electron chi connectivity index (χ1n) is 9.00. The van der Waals surface area contributed by atoms with Gasteiger partial charge in [-0.05, 0) is 32.4 Å². The molecule has 0 aliphatic carbocycles. The van der Waals surface area contributed by atoms with Crippen LogP contribution in [-0.4, -0.2) is 20.6 Å². The molecule has 1 atom stereocenters. The molecule has 0 saturated carbocycles. The topological polar surface area (TPSA) is 107 Å². The van der Waals surface area contributed by atoms with Crippen LogP contribution < -0.4 is 10.7 Å². The molecule has 1 aromatic heterocycles. The predicted molar refractivity (Wildman–Crippen MR) is 108 cm³/mol. The van der Waals surface area contributed by atoms with E-state index in [1.54, 1.807) is 19.9 Å². The first kappa shape index (κ1) is 19.9. The van der Waals surface area contributed by atoms with Gasteiger partial charge in [0.05, 0.1) is 11.0 Å². The fourth-order valence-corrected chi connectivity index (χ4v) is 2.95. The van der Waals surface area contributed by atoms with Gasteiger partial charge in [0, 0.05) is 17.8 Å². The standard InChI is InChI=1S/C21H20N4O4/c1-13-8-10-16(11-9-13)15(3)22-21(27)20-19(26)12-14(2)24(23-20)17-6-4-5-7-18(17)25(28)29/h4-12,15H,1-3H3,(H,22,27). The molecule has 29 heavy (non-hydrogen) atoms. The molecule has 1 amide bonds. The lowest BCUT2D eigenvalue weighted by Gasteiger charge is -2.15. The van der Waals surface area contributed by atoms with Crippen LogP contribution in [0.1, 0.15) is 40.3 Å². The number of para-hydroxylation sites is 2. The number of aryl methyl sites for hydroxylation is 2. The monoisotopic (exact) mass is 392 g/mol. The molecule has 8 heteroatoms. The van der Waals surface area contributed by atoms with E-state index in [2.05, 4.69) is 10.4 Å². The average molecular weight is 392 g/mol. The van der Waals surface area contributed by atoms with Gasteiger partial charge in [0.15, 0.2) is 5.69 Å². The third-order valence-electron chi connectivity index (χ3n) is 4.55. The van der Waals surface area contributed by atoms with Gasteiger partial charge in [-0.2, -0.15) is 5.10 Å². The quantitative estimate of drug-likeness (QED) is 0.530. The first-order valence-corrected chi connectivity index (χ1v) is 9.00. The molecular formula is C21H20N4O4. The van der Waals surface area contributed by atoms with Gasteiger partial charge in [-0.25, -0.2) is 4.68 Å². The first-order chi connectivity index (χ1) is 13.8. The van der Waals surface area contributed by atoms with E-state index in [1.807, 2.05) is 31.2 Å². The van der Waals surface area contributed by atoms with Crippen LogP contribution in [0.15, 0.2) is 59.4 Å². The van der Waals surface area contributed by atoms with E-state index < -0.39 is 16.3 Å². The minimum absolute atomic E-state index is 0.175. The lowest BCUT2D eigenvalue weighted by Crippen LogP contribution is -2.33. The molecule has 1 N–H and O–H groups in total. The Morgan fingerprint density at radius 3 is 2.45 bits per heavy atom. The molecule has 0 radical (unpaired) electrons. The zero-order chi connectivity index (χ0) is 21.1. The number of rotatable bonds is 5. The molecule has 8 nitrogen and oxygen atoms in total. The van der Waals surface area contributed by atoms with Crippen molar-refractivity contribution in [2.45, 2.75) is 26.8 Å². The zero-order valence-electron chi connectivity index (χ0n) is 16.2. The van der Waals surface area contributed by atoms with Gasteiger partial charge in [0.2, 0.25) is 5.43 Å². The fraction of sp³-hybridized carbons (Fsp3) is 0.190. The third kappa shape index (κ3) is 4.21. The summed E-state index contributed by atoms with van der Waals surface area (Å²) in [6.07, 6.45) is 0. The number of carbonyl (C=O) groups is 1. The van der Waals surface area contributed by atoms with E-state index in [4.69, 9.17) is 0 Å². The van der Waals surface area contributed by atoms with Crippen LogP contribution >= 0.6 is 0 Å². The molecule has 0 aliphatic heterocycles. The van der Waals surface area contributed by atoms with Gasteiger partial charge < -0.3 is 5.32 Å². The fourth-order valence-electron chi connectivity index (χ4n) is 2.95. The summed E-state index contributed by atoms with van der Waals surface area (Å²) in [5.41, 5.74) is 1.49. The molecule has 2 aromatic carbocycles. The molecule has 148 valence electrons. The maximum absolute atomic E-state index is 12.7. The van der Waals surface area contributed by atoms with Crippen LogP contribution in [0.5, 0.6) is 0 Å². The second-order valence-corrected chi connectivity index (χ2v) is 6.76. The summed E-state index contributed by atoms with van der Waals surface area (Å²) in [7, 11) is 0. The molecule has 1 heterocycles. The van der Waals surface area contributed by atoms with Crippen LogP contribution in [0, 0.1) is 24.0 Å². The average Bonchev–Trinajstić information content (AvgIpc) is 2.68. The zero-order valence-corrected chi connectivity index (χ0v) is 16.2. The molecule has 3 rings (SSSR count). The van der Waals surface area contributed by atoms with Crippen LogP contribution in [-0.2, 0) is 0 Å². The van der Waals surface area contributed by atoms with Crippen LogP contribution in [0.4, 0.5) is 5.69 Å². The third-order valence-corrected chi connectivity index (χ3v) is 4.55. The molecular weight excluding hydrogens is 372 g/mol. The number of nitrogens with one attached hydrogen (secondary N) is 1. The van der Waals surface area contributed by atoms with Gasteiger partial charge in [-0.3, -0.25) is 19.7 Å². The van der Waals surface area contributed by atoms with Crippen LogP contribution in [0.25, 0.3) is 5.69 Å². The Bertz CT molecular complexity index is 1140. The largest absolute Gasteiger partial charge is 0.344 e. The number of nitrogens with zero attached hydrogens (tertiary/aromatic N) is 3. The Kier molecular flexibility index (Phi) is 5.54. The van der Waals surface area contributed by atoms with Crippen LogP contribution in [0.2, 0.25) is 0 Å². The highest BCUT2D eigenvalue weighted by molar-refractivity contribution is 5.92. The number of amides is 1. The number of nitro benzene ring substituents is 1. The molecule has 3 aromatic rings. The maximum atomic E-state index is 12.7. The summed E-state index contributed by atoms with van der Waals surface area (Å²) in [6.45, 7) is 5.37. The number of aromatic nitrogens is 2. The molecule has 0 aliphatic rings. The summed E-state index contributed by atoms with van der Waals surface area (Å²) < 4.78 is 1.24. The molecule has 0 fully saturated rings. The van der Waals surface area contributed by atoms with Gasteiger partial charge >= 0.3 is 0 Å². The minimum Gasteiger partial charge on any atom is -0.344 e. The molecule has 0 saturated heterocycles. The van der Waals surface area contributed by atoms with Crippen molar-refractivity contribution in [1.29, 1.82) is 0 Å². The highest BCUT2D eigenvalue weighted by Gasteiger charge is 2.21. The van der Waals surface area contributed by atoms with E-state index in [0.717, 1.165) is 11.1 Å². The van der Waals surface area contributed by atoms with Gasteiger partial charge in [0.25, 0.3) is 11.6 Å². The van der Waals surface area contributed by atoms with Crippen molar-refractivity contribution < 1.29 is 9.72 Å². The molecule has 0 bridgehead atoms. The van der Waals surface area contributed by atoms with Crippen molar-refractivity contribution in [3.8, 4) is 5.69 Å². The summed E-state index contributed by atoms with van der Waals surface area (Å²) in [6, 6.07) is 14.6. The molecule has 0 spiro atoms. The second-order valence-electron chi connectivity index (χ2n) is 6.76. The van der Waals surface area contributed by atoms with E-state index in [-0.39, 0.29) is 23.1 Å². The number of benzene rings is 2. The highest BCUT2D eigenvalue weighted by atomic mass is 16.6. The van der Waals surface area contributed by atoms with E-state index in [0.29, 0.717) is 5.69 Å². The molecule has 1 unspecified atom stereocenters. The Morgan fingerprint density at radius 2 is 1.79 bits per heavy atom. The SMILES string of the molecule is Cc1ccc(C(C)NC(=O)c2nn(-c3ccccc3[N+](=O)[O-])c(C)cc2=O)cc1. The number of hydrogen-bond donors (Lipinski definition) is 1. The van der Waals surface area contributed by atoms with E-state index in [9.17, 15) is 19.7 Å². The normalized spacial score (nSPS) is 11.7. The van der Waals surface area contributed by atoms with E-state index in [1.165, 1.54) is 28.9 Å². The van der Waals surface area contributed by atoms with Crippen molar-refractivity contribution in [2.24, 2.45) is 0 Å². The van der Waals surface area contributed by atoms with Crippen molar-refractivity contribution in [3.05, 3.63) is 97.4 Å². The van der Waals surface area contributed by atoms with Crippen molar-refractivity contribution >= 4 is 11.6 Å². The lowest BCUT2D eigenvalue weighted by atomic mass is 10.1. The van der Waals surface area contributed by atoms with Gasteiger partial charge in [-0.15, -0.1) is 0 Å². The Labute approximate surface area is 167 Å². The van der Waals surface area contributed by atoms with Gasteiger partial charge in [-0.1, -0.05) is 42.0 Å². The second kappa shape index (κ2) is 8.05. The Morgan fingerprint density at radius 1 is 1.14 bits per heavy atom. The van der Waals surface area contributed by atoms with Crippen molar-refractivity contribution in [1.82, 2.24) is 15.1 Å². The number of hydrogen-bond acceptors (Lipinski definition) is 5. The Balaban J connectivity index is 1.97. The lowest BCUT2D eigenvalue weighted by molar-refractivity contribution is -0.384. The van der Waals surface area contributed by atoms with Crippen molar-refractivity contribution in [2.75, 3.05) is 0 Å². The number of carbonyl (C=O) groups excluding carboxylic acids is 1. The van der Waals surface area contributed by atoms with Gasteiger partial charge in [0.1, 0.15) is 5.69 Å². The van der Waals surface area contributed by atoms with E-state index >= 15 is 0 Å². The summed E-state index contributed by atoms with van der Waals surface area (Å²) in [5, 5.41) is 18.2. The Hall–Kier alpha value is -3.81. The van der Waals surface area contributed by atoms with Crippen molar-refractivity contribution in [3.63, 3.8) is 0 Å². The predicted octanol–water partition coefficient (Wildman–Crippen LogP) is 3.25. The minimum atomic E-state index is -0.643. The maximum Gasteiger partial charge on any atom is 0.294 e. The van der Waals surface area contributed by atoms with Crippen LogP contribution in [0.3, 0.4) is 0 Å². The summed E-state index contributed by atoms with van der Waals surface area (Å²) in [4.78, 5) is 35.9. The summed E-state index contributed by atoms with van der Waals surface area (Å²) in [5.74, 6) is -0.643. The summed E-state index contributed by atoms with van der Waals surface area (Å²) >= 11 is 0. The smallest absolute Gasteiger partial charge is 0.294 e.